The fraction of sp³-hybridized carbons (Fsp3) is 0.500. The third kappa shape index (κ3) is 2.91. The van der Waals surface area contributed by atoms with Crippen molar-refractivity contribution >= 4 is 22.6 Å². The summed E-state index contributed by atoms with van der Waals surface area (Å²) in [5.41, 5.74) is 1.44. The van der Waals surface area contributed by atoms with Crippen LogP contribution in [0.15, 0.2) is 18.3 Å². The SMILES string of the molecule is CNCC(C)(C)c1ccc(I)nc1. The predicted octanol–water partition coefficient (Wildman–Crippen LogP) is 2.18. The lowest BCUT2D eigenvalue weighted by molar-refractivity contribution is 0.492. The summed E-state index contributed by atoms with van der Waals surface area (Å²) in [6.07, 6.45) is 1.96. The molecule has 0 atom stereocenters. The average Bonchev–Trinajstić information content (AvgIpc) is 2.05. The molecule has 3 heteroatoms. The highest BCUT2D eigenvalue weighted by molar-refractivity contribution is 14.1. The zero-order valence-electron chi connectivity index (χ0n) is 8.26. The van der Waals surface area contributed by atoms with Crippen LogP contribution in [0.3, 0.4) is 0 Å². The topological polar surface area (TPSA) is 24.9 Å². The number of hydrogen-bond donors (Lipinski definition) is 1. The molecule has 0 aromatic carbocycles. The van der Waals surface area contributed by atoms with Gasteiger partial charge in [0.15, 0.2) is 0 Å². The maximum atomic E-state index is 4.29. The first-order chi connectivity index (χ1) is 6.06. The summed E-state index contributed by atoms with van der Waals surface area (Å²) in [6.45, 7) is 5.40. The third-order valence-electron chi connectivity index (χ3n) is 2.13. The maximum Gasteiger partial charge on any atom is 0.101 e. The van der Waals surface area contributed by atoms with Crippen LogP contribution in [0.25, 0.3) is 0 Å². The fourth-order valence-electron chi connectivity index (χ4n) is 1.32. The first-order valence-electron chi connectivity index (χ1n) is 4.33. The van der Waals surface area contributed by atoms with Gasteiger partial charge in [0.05, 0.1) is 0 Å². The first-order valence-corrected chi connectivity index (χ1v) is 5.41. The van der Waals surface area contributed by atoms with E-state index in [0.717, 1.165) is 10.2 Å². The van der Waals surface area contributed by atoms with E-state index in [0.29, 0.717) is 0 Å². The summed E-state index contributed by atoms with van der Waals surface area (Å²) in [4.78, 5) is 4.29. The van der Waals surface area contributed by atoms with E-state index in [4.69, 9.17) is 0 Å². The van der Waals surface area contributed by atoms with Crippen molar-refractivity contribution in [3.05, 3.63) is 27.6 Å². The molecular formula is C10H15IN2. The standard InChI is InChI=1S/C10H15IN2/c1-10(2,7-12-3)8-4-5-9(11)13-6-8/h4-6,12H,7H2,1-3H3. The van der Waals surface area contributed by atoms with Gasteiger partial charge < -0.3 is 5.32 Å². The Bertz CT molecular complexity index is 267. The van der Waals surface area contributed by atoms with Crippen LogP contribution in [0.5, 0.6) is 0 Å². The summed E-state index contributed by atoms with van der Waals surface area (Å²) in [7, 11) is 1.97. The van der Waals surface area contributed by atoms with Crippen molar-refractivity contribution in [3.63, 3.8) is 0 Å². The van der Waals surface area contributed by atoms with Crippen LogP contribution in [-0.2, 0) is 5.41 Å². The predicted molar refractivity (Wildman–Crippen MR) is 63.9 cm³/mol. The highest BCUT2D eigenvalue weighted by atomic mass is 127. The van der Waals surface area contributed by atoms with Crippen LogP contribution < -0.4 is 5.32 Å². The Hall–Kier alpha value is -0.160. The molecule has 0 fully saturated rings. The number of nitrogens with one attached hydrogen (secondary N) is 1. The van der Waals surface area contributed by atoms with Crippen molar-refractivity contribution in [1.82, 2.24) is 10.3 Å². The Balaban J connectivity index is 2.87. The van der Waals surface area contributed by atoms with Crippen molar-refractivity contribution in [1.29, 1.82) is 0 Å². The largest absolute Gasteiger partial charge is 0.319 e. The van der Waals surface area contributed by atoms with Gasteiger partial charge in [-0.15, -0.1) is 0 Å². The lowest BCUT2D eigenvalue weighted by atomic mass is 9.86. The van der Waals surface area contributed by atoms with Gasteiger partial charge in [-0.3, -0.25) is 4.98 Å². The van der Waals surface area contributed by atoms with Crippen LogP contribution in [0.1, 0.15) is 19.4 Å². The third-order valence-corrected chi connectivity index (χ3v) is 2.77. The van der Waals surface area contributed by atoms with Gasteiger partial charge in [-0.05, 0) is 41.3 Å². The molecule has 2 nitrogen and oxygen atoms in total. The van der Waals surface area contributed by atoms with Gasteiger partial charge >= 0.3 is 0 Å². The molecule has 1 aromatic rings. The number of pyridine rings is 1. The molecule has 0 aliphatic heterocycles. The summed E-state index contributed by atoms with van der Waals surface area (Å²) >= 11 is 2.22. The van der Waals surface area contributed by atoms with Crippen molar-refractivity contribution in [2.24, 2.45) is 0 Å². The van der Waals surface area contributed by atoms with Gasteiger partial charge in [-0.1, -0.05) is 19.9 Å². The van der Waals surface area contributed by atoms with E-state index < -0.39 is 0 Å². The molecule has 0 saturated heterocycles. The van der Waals surface area contributed by atoms with Crippen LogP contribution in [0.2, 0.25) is 0 Å². The molecule has 1 rings (SSSR count). The zero-order chi connectivity index (χ0) is 9.90. The van der Waals surface area contributed by atoms with Crippen LogP contribution in [-0.4, -0.2) is 18.6 Å². The quantitative estimate of drug-likeness (QED) is 0.682. The van der Waals surface area contributed by atoms with Crippen molar-refractivity contribution in [3.8, 4) is 0 Å². The second kappa shape index (κ2) is 4.37. The van der Waals surface area contributed by atoms with E-state index in [2.05, 4.69) is 52.8 Å². The normalized spacial score (nSPS) is 11.7. The molecule has 0 unspecified atom stereocenters. The number of halogens is 1. The minimum atomic E-state index is 0.159. The van der Waals surface area contributed by atoms with Gasteiger partial charge in [-0.25, -0.2) is 0 Å². The molecule has 0 spiro atoms. The second-order valence-electron chi connectivity index (χ2n) is 3.78. The zero-order valence-corrected chi connectivity index (χ0v) is 10.4. The Morgan fingerprint density at radius 3 is 2.62 bits per heavy atom. The molecule has 72 valence electrons. The van der Waals surface area contributed by atoms with Crippen LogP contribution in [0.4, 0.5) is 0 Å². The van der Waals surface area contributed by atoms with Gasteiger partial charge in [0.2, 0.25) is 0 Å². The molecule has 0 bridgehead atoms. The number of hydrogen-bond acceptors (Lipinski definition) is 2. The summed E-state index contributed by atoms with van der Waals surface area (Å²) in [5.74, 6) is 0. The maximum absolute atomic E-state index is 4.29. The number of aromatic nitrogens is 1. The average molecular weight is 290 g/mol. The van der Waals surface area contributed by atoms with Crippen molar-refractivity contribution in [2.45, 2.75) is 19.3 Å². The van der Waals surface area contributed by atoms with Gasteiger partial charge in [0.25, 0.3) is 0 Å². The highest BCUT2D eigenvalue weighted by Crippen LogP contribution is 2.21. The van der Waals surface area contributed by atoms with Crippen molar-refractivity contribution < 1.29 is 0 Å². The number of rotatable bonds is 3. The molecule has 0 aliphatic carbocycles. The van der Waals surface area contributed by atoms with E-state index in [1.54, 1.807) is 0 Å². The lowest BCUT2D eigenvalue weighted by Gasteiger charge is -2.24. The van der Waals surface area contributed by atoms with Gasteiger partial charge in [-0.2, -0.15) is 0 Å². The summed E-state index contributed by atoms with van der Waals surface area (Å²) in [5, 5.41) is 3.19. The molecule has 0 radical (unpaired) electrons. The molecule has 0 saturated carbocycles. The van der Waals surface area contributed by atoms with E-state index in [-0.39, 0.29) is 5.41 Å². The Kier molecular flexibility index (Phi) is 3.67. The molecular weight excluding hydrogens is 275 g/mol. The smallest absolute Gasteiger partial charge is 0.101 e. The van der Waals surface area contributed by atoms with E-state index in [1.807, 2.05) is 19.3 Å². The fourth-order valence-corrected chi connectivity index (χ4v) is 1.64. The Labute approximate surface area is 93.3 Å². The molecule has 1 heterocycles. The molecule has 0 aliphatic rings. The molecule has 1 aromatic heterocycles. The number of likely N-dealkylation sites (N-methyl/N-ethyl adjacent to an activating group) is 1. The van der Waals surface area contributed by atoms with Gasteiger partial charge in [0.1, 0.15) is 3.70 Å². The number of nitrogens with zero attached hydrogens (tertiary/aromatic N) is 1. The minimum absolute atomic E-state index is 0.159. The van der Waals surface area contributed by atoms with E-state index in [9.17, 15) is 0 Å². The highest BCUT2D eigenvalue weighted by Gasteiger charge is 2.19. The van der Waals surface area contributed by atoms with Crippen molar-refractivity contribution in [2.75, 3.05) is 13.6 Å². The van der Waals surface area contributed by atoms with Gasteiger partial charge in [0, 0.05) is 18.2 Å². The molecule has 1 N–H and O–H groups in total. The second-order valence-corrected chi connectivity index (χ2v) is 4.89. The van der Waals surface area contributed by atoms with Crippen LogP contribution in [0, 0.1) is 3.70 Å². The van der Waals surface area contributed by atoms with E-state index >= 15 is 0 Å². The monoisotopic (exact) mass is 290 g/mol. The summed E-state index contributed by atoms with van der Waals surface area (Å²) in [6, 6.07) is 4.19. The minimum Gasteiger partial charge on any atom is -0.319 e. The molecule has 0 amide bonds. The molecule has 13 heavy (non-hydrogen) atoms. The Morgan fingerprint density at radius 2 is 2.15 bits per heavy atom. The summed E-state index contributed by atoms with van der Waals surface area (Å²) < 4.78 is 1.04. The Morgan fingerprint density at radius 1 is 1.46 bits per heavy atom. The lowest BCUT2D eigenvalue weighted by Crippen LogP contribution is -2.30. The van der Waals surface area contributed by atoms with Crippen LogP contribution >= 0.6 is 22.6 Å². The van der Waals surface area contributed by atoms with E-state index in [1.165, 1.54) is 5.56 Å². The first kappa shape index (κ1) is 10.9.